The van der Waals surface area contributed by atoms with Gasteiger partial charge in [0.25, 0.3) is 5.92 Å². The van der Waals surface area contributed by atoms with Crippen LogP contribution in [0.5, 0.6) is 0 Å². The monoisotopic (exact) mass is 288 g/mol. The molecule has 2 N–H and O–H groups in total. The molecule has 8 heteroatoms. The molecule has 0 spiro atoms. The van der Waals surface area contributed by atoms with E-state index in [0.29, 0.717) is 0 Å². The molecular weight excluding hydrogens is 270 g/mol. The van der Waals surface area contributed by atoms with Gasteiger partial charge in [0.2, 0.25) is 5.91 Å². The van der Waals surface area contributed by atoms with Crippen LogP contribution < -0.4 is 5.73 Å². The van der Waals surface area contributed by atoms with Crippen molar-refractivity contribution in [1.82, 2.24) is 14.7 Å². The first-order chi connectivity index (χ1) is 9.22. The van der Waals surface area contributed by atoms with Gasteiger partial charge < -0.3 is 15.4 Å². The van der Waals surface area contributed by atoms with Gasteiger partial charge in [0.05, 0.1) is 13.2 Å². The molecule has 0 unspecified atom stereocenters. The average molecular weight is 288 g/mol. The van der Waals surface area contributed by atoms with Crippen molar-refractivity contribution < 1.29 is 18.3 Å². The summed E-state index contributed by atoms with van der Waals surface area (Å²) in [6.07, 6.45) is 1.56. The Morgan fingerprint density at radius 3 is 2.85 bits per heavy atom. The third-order valence-electron chi connectivity index (χ3n) is 3.23. The Bertz CT molecular complexity index is 501. The SMILES string of the molecule is CC(C)(C(=O)N1CCOCC(F)(F)C1)n1ccc(N)n1. The van der Waals surface area contributed by atoms with E-state index in [1.54, 1.807) is 26.1 Å². The molecule has 112 valence electrons. The molecule has 0 bridgehead atoms. The van der Waals surface area contributed by atoms with E-state index < -0.39 is 30.5 Å². The summed E-state index contributed by atoms with van der Waals surface area (Å²) in [5.41, 5.74) is 4.44. The maximum absolute atomic E-state index is 13.5. The molecule has 1 amide bonds. The molecule has 1 fully saturated rings. The van der Waals surface area contributed by atoms with E-state index in [0.717, 1.165) is 4.90 Å². The summed E-state index contributed by atoms with van der Waals surface area (Å²) in [4.78, 5) is 13.6. The highest BCUT2D eigenvalue weighted by Crippen LogP contribution is 2.24. The molecule has 0 saturated carbocycles. The Morgan fingerprint density at radius 1 is 1.55 bits per heavy atom. The number of carbonyl (C=O) groups is 1. The number of nitrogens with zero attached hydrogens (tertiary/aromatic N) is 3. The molecule has 1 aliphatic heterocycles. The first-order valence-corrected chi connectivity index (χ1v) is 6.29. The van der Waals surface area contributed by atoms with Crippen molar-refractivity contribution in [2.75, 3.05) is 32.0 Å². The van der Waals surface area contributed by atoms with Crippen LogP contribution in [-0.2, 0) is 15.1 Å². The Kier molecular flexibility index (Phi) is 3.68. The highest BCUT2D eigenvalue weighted by atomic mass is 19.3. The van der Waals surface area contributed by atoms with Gasteiger partial charge in [-0.05, 0) is 19.9 Å². The highest BCUT2D eigenvalue weighted by molar-refractivity contribution is 5.83. The minimum atomic E-state index is -3.04. The van der Waals surface area contributed by atoms with Crippen LogP contribution in [0.25, 0.3) is 0 Å². The molecular formula is C12H18F2N4O2. The van der Waals surface area contributed by atoms with Gasteiger partial charge in [-0.25, -0.2) is 8.78 Å². The van der Waals surface area contributed by atoms with Crippen molar-refractivity contribution in [3.05, 3.63) is 12.3 Å². The zero-order valence-corrected chi connectivity index (χ0v) is 11.5. The number of nitrogens with two attached hydrogens (primary N) is 1. The van der Waals surface area contributed by atoms with Gasteiger partial charge in [-0.2, -0.15) is 5.10 Å². The number of carbonyl (C=O) groups excluding carboxylic acids is 1. The maximum Gasteiger partial charge on any atom is 0.288 e. The molecule has 20 heavy (non-hydrogen) atoms. The van der Waals surface area contributed by atoms with Crippen molar-refractivity contribution in [2.24, 2.45) is 0 Å². The minimum absolute atomic E-state index is 0.0959. The first kappa shape index (κ1) is 14.7. The van der Waals surface area contributed by atoms with Gasteiger partial charge in [-0.1, -0.05) is 0 Å². The molecule has 2 rings (SSSR count). The van der Waals surface area contributed by atoms with Gasteiger partial charge in [0.1, 0.15) is 18.0 Å². The normalized spacial score (nSPS) is 19.7. The molecule has 1 saturated heterocycles. The fourth-order valence-corrected chi connectivity index (χ4v) is 2.11. The lowest BCUT2D eigenvalue weighted by molar-refractivity contribution is -0.144. The van der Waals surface area contributed by atoms with Crippen molar-refractivity contribution in [3.63, 3.8) is 0 Å². The summed E-state index contributed by atoms with van der Waals surface area (Å²) in [7, 11) is 0. The third kappa shape index (κ3) is 2.90. The topological polar surface area (TPSA) is 73.4 Å². The smallest absolute Gasteiger partial charge is 0.288 e. The van der Waals surface area contributed by atoms with Crippen LogP contribution in [0.1, 0.15) is 13.8 Å². The fourth-order valence-electron chi connectivity index (χ4n) is 2.11. The fraction of sp³-hybridized carbons (Fsp3) is 0.667. The van der Waals surface area contributed by atoms with Gasteiger partial charge in [0, 0.05) is 12.7 Å². The number of aromatic nitrogens is 2. The van der Waals surface area contributed by atoms with Crippen LogP contribution in [0.3, 0.4) is 0 Å². The summed E-state index contributed by atoms with van der Waals surface area (Å²) in [5.74, 6) is -3.20. The zero-order chi connectivity index (χ0) is 15.0. The third-order valence-corrected chi connectivity index (χ3v) is 3.23. The number of hydrogen-bond acceptors (Lipinski definition) is 4. The standard InChI is InChI=1S/C12H18F2N4O2/c1-11(2,18-4-3-9(15)16-18)10(19)17-5-6-20-8-12(13,14)7-17/h3-4H,5-8H2,1-2H3,(H2,15,16). The van der Waals surface area contributed by atoms with E-state index in [2.05, 4.69) is 5.10 Å². The van der Waals surface area contributed by atoms with Gasteiger partial charge in [-0.3, -0.25) is 9.48 Å². The summed E-state index contributed by atoms with van der Waals surface area (Å²) in [6.45, 7) is 2.16. The number of nitrogen functional groups attached to an aromatic ring is 1. The molecule has 6 nitrogen and oxygen atoms in total. The Balaban J connectivity index is 2.20. The maximum atomic E-state index is 13.5. The van der Waals surface area contributed by atoms with Gasteiger partial charge >= 0.3 is 0 Å². The van der Waals surface area contributed by atoms with Crippen molar-refractivity contribution in [1.29, 1.82) is 0 Å². The summed E-state index contributed by atoms with van der Waals surface area (Å²) in [5, 5.41) is 3.99. The minimum Gasteiger partial charge on any atom is -0.382 e. The molecule has 1 aromatic heterocycles. The first-order valence-electron chi connectivity index (χ1n) is 6.29. The lowest BCUT2D eigenvalue weighted by atomic mass is 10.0. The van der Waals surface area contributed by atoms with E-state index in [4.69, 9.17) is 10.5 Å². The number of alkyl halides is 2. The lowest BCUT2D eigenvalue weighted by Crippen LogP contribution is -2.50. The second-order valence-corrected chi connectivity index (χ2v) is 5.38. The predicted molar refractivity (Wildman–Crippen MR) is 68.3 cm³/mol. The van der Waals surface area contributed by atoms with Crippen molar-refractivity contribution in [2.45, 2.75) is 25.3 Å². The van der Waals surface area contributed by atoms with E-state index in [-0.39, 0.29) is 19.0 Å². The quantitative estimate of drug-likeness (QED) is 0.869. The summed E-state index contributed by atoms with van der Waals surface area (Å²) >= 11 is 0. The number of anilines is 1. The second-order valence-electron chi connectivity index (χ2n) is 5.38. The Hall–Kier alpha value is -1.70. The Labute approximate surface area is 115 Å². The van der Waals surface area contributed by atoms with Crippen LogP contribution >= 0.6 is 0 Å². The molecule has 0 aliphatic carbocycles. The van der Waals surface area contributed by atoms with E-state index in [9.17, 15) is 13.6 Å². The van der Waals surface area contributed by atoms with Crippen LogP contribution in [-0.4, -0.2) is 52.8 Å². The number of halogens is 2. The molecule has 0 atom stereocenters. The summed E-state index contributed by atoms with van der Waals surface area (Å²) in [6, 6.07) is 1.55. The van der Waals surface area contributed by atoms with E-state index in [1.165, 1.54) is 4.68 Å². The van der Waals surface area contributed by atoms with Crippen LogP contribution in [0, 0.1) is 0 Å². The van der Waals surface area contributed by atoms with Crippen LogP contribution in [0.4, 0.5) is 14.6 Å². The molecule has 2 heterocycles. The molecule has 1 aromatic rings. The summed E-state index contributed by atoms with van der Waals surface area (Å²) < 4.78 is 33.2. The number of hydrogen-bond donors (Lipinski definition) is 1. The average Bonchev–Trinajstić information content (AvgIpc) is 2.71. The molecule has 0 aromatic carbocycles. The van der Waals surface area contributed by atoms with Crippen molar-refractivity contribution >= 4 is 11.7 Å². The second kappa shape index (κ2) is 5.01. The van der Waals surface area contributed by atoms with Crippen LogP contribution in [0.15, 0.2) is 12.3 Å². The largest absolute Gasteiger partial charge is 0.382 e. The van der Waals surface area contributed by atoms with E-state index in [1.807, 2.05) is 0 Å². The predicted octanol–water partition coefficient (Wildman–Crippen LogP) is 0.695. The Morgan fingerprint density at radius 2 is 2.25 bits per heavy atom. The van der Waals surface area contributed by atoms with Crippen molar-refractivity contribution in [3.8, 4) is 0 Å². The zero-order valence-electron chi connectivity index (χ0n) is 11.5. The van der Waals surface area contributed by atoms with Crippen LogP contribution in [0.2, 0.25) is 0 Å². The lowest BCUT2D eigenvalue weighted by Gasteiger charge is -2.32. The number of ether oxygens (including phenoxy) is 1. The van der Waals surface area contributed by atoms with Gasteiger partial charge in [0.15, 0.2) is 0 Å². The number of amides is 1. The molecule has 1 aliphatic rings. The van der Waals surface area contributed by atoms with Gasteiger partial charge in [-0.15, -0.1) is 0 Å². The highest BCUT2D eigenvalue weighted by Gasteiger charge is 2.41. The molecule has 0 radical (unpaired) electrons. The number of rotatable bonds is 2. The van der Waals surface area contributed by atoms with E-state index >= 15 is 0 Å².